The molecule has 0 spiro atoms. The van der Waals surface area contributed by atoms with Crippen molar-refractivity contribution in [1.82, 2.24) is 0 Å². The van der Waals surface area contributed by atoms with Gasteiger partial charge in [0, 0.05) is 0 Å². The maximum Gasteiger partial charge on any atom is 0.148 e. The summed E-state index contributed by atoms with van der Waals surface area (Å²) in [5.41, 5.74) is 2.71. The molecule has 2 nitrogen and oxygen atoms in total. The second-order valence-corrected chi connectivity index (χ2v) is 7.82. The predicted molar refractivity (Wildman–Crippen MR) is 120 cm³/mol. The Morgan fingerprint density at radius 1 is 0.828 bits per heavy atom. The molecule has 0 amide bonds. The minimum absolute atomic E-state index is 0.1000. The fourth-order valence-corrected chi connectivity index (χ4v) is 3.40. The fourth-order valence-electron chi connectivity index (χ4n) is 3.40. The highest BCUT2D eigenvalue weighted by molar-refractivity contribution is 5.34. The van der Waals surface area contributed by atoms with E-state index < -0.39 is 0 Å². The summed E-state index contributed by atoms with van der Waals surface area (Å²) in [6, 6.07) is 26.5. The highest BCUT2D eigenvalue weighted by atomic mass is 16.5. The maximum atomic E-state index is 5.95. The van der Waals surface area contributed by atoms with Crippen LogP contribution in [0.5, 0.6) is 17.2 Å². The molecule has 0 saturated heterocycles. The molecule has 148 valence electrons. The van der Waals surface area contributed by atoms with Crippen LogP contribution in [0.15, 0.2) is 78.9 Å². The van der Waals surface area contributed by atoms with E-state index in [1.807, 2.05) is 48.5 Å². The number of aryl methyl sites for hydroxylation is 1. The second-order valence-electron chi connectivity index (χ2n) is 7.82. The third kappa shape index (κ3) is 6.16. The molecule has 0 saturated carbocycles. The van der Waals surface area contributed by atoms with E-state index in [4.69, 9.17) is 15.9 Å². The summed E-state index contributed by atoms with van der Waals surface area (Å²) in [5, 5.41) is 0. The highest BCUT2D eigenvalue weighted by Crippen LogP contribution is 2.31. The Balaban J connectivity index is 1.54. The Kier molecular flexibility index (Phi) is 6.98. The van der Waals surface area contributed by atoms with Gasteiger partial charge in [0.15, 0.2) is 0 Å². The van der Waals surface area contributed by atoms with Crippen LogP contribution in [-0.2, 0) is 11.8 Å². The molecule has 0 unspecified atom stereocenters. The molecule has 0 N–H and O–H groups in total. The average molecular weight is 385 g/mol. The number of benzene rings is 3. The number of hydrogen-bond acceptors (Lipinski definition) is 2. The van der Waals surface area contributed by atoms with Gasteiger partial charge >= 0.3 is 0 Å². The van der Waals surface area contributed by atoms with E-state index in [0.717, 1.165) is 36.5 Å². The first-order valence-corrected chi connectivity index (χ1v) is 10.1. The molecular formula is C27H28O2. The predicted octanol–water partition coefficient (Wildman–Crippen LogP) is 6.79. The van der Waals surface area contributed by atoms with Crippen LogP contribution in [0.2, 0.25) is 0 Å². The normalized spacial score (nSPS) is 10.9. The van der Waals surface area contributed by atoms with Gasteiger partial charge in [0.1, 0.15) is 23.9 Å². The van der Waals surface area contributed by atoms with Crippen molar-refractivity contribution in [1.29, 1.82) is 0 Å². The molecule has 0 aliphatic heterocycles. The molecule has 3 aromatic rings. The van der Waals surface area contributed by atoms with Gasteiger partial charge in [-0.3, -0.25) is 0 Å². The van der Waals surface area contributed by atoms with Gasteiger partial charge in [0.2, 0.25) is 0 Å². The van der Waals surface area contributed by atoms with Gasteiger partial charge in [-0.15, -0.1) is 6.42 Å². The molecule has 0 radical (unpaired) electrons. The molecular weight excluding hydrogens is 356 g/mol. The van der Waals surface area contributed by atoms with Crippen molar-refractivity contribution in [2.75, 3.05) is 6.61 Å². The number of terminal acetylenes is 1. The number of para-hydroxylation sites is 1. The molecule has 29 heavy (non-hydrogen) atoms. The van der Waals surface area contributed by atoms with E-state index in [1.54, 1.807) is 0 Å². The van der Waals surface area contributed by atoms with Gasteiger partial charge in [0.05, 0.1) is 0 Å². The molecule has 0 aromatic heterocycles. The molecule has 3 rings (SSSR count). The van der Waals surface area contributed by atoms with Crippen LogP contribution < -0.4 is 9.47 Å². The van der Waals surface area contributed by atoms with Crippen LogP contribution in [0.4, 0.5) is 0 Å². The Morgan fingerprint density at radius 3 is 2.28 bits per heavy atom. The Bertz CT molecular complexity index is 934. The fraction of sp³-hybridized carbons (Fsp3) is 0.259. The van der Waals surface area contributed by atoms with Crippen molar-refractivity contribution in [2.45, 2.75) is 38.5 Å². The lowest BCUT2D eigenvalue weighted by molar-refractivity contribution is 0.369. The standard InChI is InChI=1S/C27H28O2/c1-4-20-28-24-17-15-23(16-18-24)27(2,3)19-9-11-22-10-8-14-26(21-22)29-25-12-6-5-7-13-25/h1,5-8,10,12-18,21H,9,11,19-20H2,2-3H3. The molecule has 0 fully saturated rings. The van der Waals surface area contributed by atoms with E-state index in [9.17, 15) is 0 Å². The highest BCUT2D eigenvalue weighted by Gasteiger charge is 2.20. The summed E-state index contributed by atoms with van der Waals surface area (Å²) >= 11 is 0. The van der Waals surface area contributed by atoms with Crippen LogP contribution in [0.25, 0.3) is 0 Å². The molecule has 0 bridgehead atoms. The summed E-state index contributed by atoms with van der Waals surface area (Å²) in [5.74, 6) is 5.05. The van der Waals surface area contributed by atoms with Crippen molar-refractivity contribution in [3.05, 3.63) is 90.0 Å². The van der Waals surface area contributed by atoms with Gasteiger partial charge < -0.3 is 9.47 Å². The zero-order valence-electron chi connectivity index (χ0n) is 17.2. The molecule has 3 aromatic carbocycles. The minimum atomic E-state index is 0.1000. The summed E-state index contributed by atoms with van der Waals surface area (Å²) in [6.07, 6.45) is 8.48. The second kappa shape index (κ2) is 9.85. The first kappa shape index (κ1) is 20.6. The Hall–Kier alpha value is -3.18. The molecule has 0 aliphatic carbocycles. The largest absolute Gasteiger partial charge is 0.481 e. The summed E-state index contributed by atoms with van der Waals surface area (Å²) in [7, 11) is 0. The van der Waals surface area contributed by atoms with Gasteiger partial charge in [0.25, 0.3) is 0 Å². The van der Waals surface area contributed by atoms with Crippen molar-refractivity contribution in [3.63, 3.8) is 0 Å². The summed E-state index contributed by atoms with van der Waals surface area (Å²) in [4.78, 5) is 0. The molecule has 2 heteroatoms. The zero-order chi connectivity index (χ0) is 20.5. The summed E-state index contributed by atoms with van der Waals surface area (Å²) < 4.78 is 11.4. The van der Waals surface area contributed by atoms with Crippen LogP contribution in [0, 0.1) is 12.3 Å². The maximum absolute atomic E-state index is 5.95. The minimum Gasteiger partial charge on any atom is -0.481 e. The summed E-state index contributed by atoms with van der Waals surface area (Å²) in [6.45, 7) is 4.88. The smallest absolute Gasteiger partial charge is 0.148 e. The van der Waals surface area contributed by atoms with E-state index in [2.05, 4.69) is 50.1 Å². The topological polar surface area (TPSA) is 18.5 Å². The molecule has 0 atom stereocenters. The lowest BCUT2D eigenvalue weighted by atomic mass is 9.80. The molecule has 0 aliphatic rings. The monoisotopic (exact) mass is 384 g/mol. The molecule has 0 heterocycles. The number of rotatable bonds is 9. The third-order valence-corrected chi connectivity index (χ3v) is 5.10. The quantitative estimate of drug-likeness (QED) is 0.378. The van der Waals surface area contributed by atoms with Crippen LogP contribution in [-0.4, -0.2) is 6.61 Å². The lowest BCUT2D eigenvalue weighted by Crippen LogP contribution is -2.17. The number of ether oxygens (including phenoxy) is 2. The van der Waals surface area contributed by atoms with Gasteiger partial charge in [-0.05, 0) is 72.2 Å². The zero-order valence-corrected chi connectivity index (χ0v) is 17.2. The van der Waals surface area contributed by atoms with E-state index >= 15 is 0 Å². The van der Waals surface area contributed by atoms with E-state index in [-0.39, 0.29) is 5.41 Å². The van der Waals surface area contributed by atoms with Crippen LogP contribution in [0.3, 0.4) is 0 Å². The van der Waals surface area contributed by atoms with Gasteiger partial charge in [-0.1, -0.05) is 62.2 Å². The van der Waals surface area contributed by atoms with Gasteiger partial charge in [-0.25, -0.2) is 0 Å². The van der Waals surface area contributed by atoms with Crippen molar-refractivity contribution in [2.24, 2.45) is 0 Å². The average Bonchev–Trinajstić information content (AvgIpc) is 2.73. The Morgan fingerprint density at radius 2 is 1.55 bits per heavy atom. The first-order chi connectivity index (χ1) is 14.1. The SMILES string of the molecule is C#CCOc1ccc(C(C)(C)CCCc2cccc(Oc3ccccc3)c2)cc1. The van der Waals surface area contributed by atoms with Crippen LogP contribution >= 0.6 is 0 Å². The van der Waals surface area contributed by atoms with Crippen molar-refractivity contribution < 1.29 is 9.47 Å². The van der Waals surface area contributed by atoms with E-state index in [1.165, 1.54) is 11.1 Å². The Labute approximate surface area is 174 Å². The number of hydrogen-bond donors (Lipinski definition) is 0. The third-order valence-electron chi connectivity index (χ3n) is 5.10. The van der Waals surface area contributed by atoms with Crippen molar-refractivity contribution >= 4 is 0 Å². The van der Waals surface area contributed by atoms with Crippen molar-refractivity contribution in [3.8, 4) is 29.6 Å². The van der Waals surface area contributed by atoms with E-state index in [0.29, 0.717) is 6.61 Å². The van der Waals surface area contributed by atoms with Gasteiger partial charge in [-0.2, -0.15) is 0 Å². The lowest BCUT2D eigenvalue weighted by Gasteiger charge is -2.25. The first-order valence-electron chi connectivity index (χ1n) is 10.1. The van der Waals surface area contributed by atoms with Crippen LogP contribution in [0.1, 0.15) is 37.8 Å².